The summed E-state index contributed by atoms with van der Waals surface area (Å²) in [7, 11) is 3.12. The van der Waals surface area contributed by atoms with Gasteiger partial charge in [0.1, 0.15) is 0 Å². The van der Waals surface area contributed by atoms with Crippen LogP contribution in [0.1, 0.15) is 25.8 Å². The largest absolute Gasteiger partial charge is 0.493 e. The van der Waals surface area contributed by atoms with Crippen molar-refractivity contribution in [2.45, 2.75) is 32.2 Å². The lowest BCUT2D eigenvalue weighted by atomic mass is 9.99. The molecule has 0 aromatic heterocycles. The van der Waals surface area contributed by atoms with Crippen LogP contribution in [0.5, 0.6) is 11.5 Å². The van der Waals surface area contributed by atoms with Crippen LogP contribution in [0.2, 0.25) is 0 Å². The topological polar surface area (TPSA) is 67.8 Å². The number of ether oxygens (including phenoxy) is 2. The lowest BCUT2D eigenvalue weighted by Crippen LogP contribution is -2.48. The Bertz CT molecular complexity index is 455. The molecule has 0 aliphatic rings. The van der Waals surface area contributed by atoms with Gasteiger partial charge in [-0.25, -0.2) is 0 Å². The van der Waals surface area contributed by atoms with Crippen LogP contribution in [0.25, 0.3) is 0 Å². The summed E-state index contributed by atoms with van der Waals surface area (Å²) in [6.45, 7) is 3.66. The predicted molar refractivity (Wildman–Crippen MR) is 77.2 cm³/mol. The third kappa shape index (κ3) is 4.13. The molecule has 0 bridgehead atoms. The van der Waals surface area contributed by atoms with Gasteiger partial charge < -0.3 is 19.9 Å². The molecule has 0 radical (unpaired) electrons. The number of aliphatic hydroxyl groups is 1. The number of benzene rings is 1. The van der Waals surface area contributed by atoms with Crippen molar-refractivity contribution in [3.63, 3.8) is 0 Å². The quantitative estimate of drug-likeness (QED) is 0.795. The van der Waals surface area contributed by atoms with Gasteiger partial charge in [-0.2, -0.15) is 0 Å². The second-order valence-electron chi connectivity index (χ2n) is 4.99. The van der Waals surface area contributed by atoms with Gasteiger partial charge in [0.25, 0.3) is 0 Å². The molecule has 1 rings (SSSR count). The molecule has 1 unspecified atom stereocenters. The summed E-state index contributed by atoms with van der Waals surface area (Å²) in [5.41, 5.74) is 0.254. The zero-order valence-electron chi connectivity index (χ0n) is 12.5. The zero-order valence-corrected chi connectivity index (χ0v) is 12.5. The molecule has 0 fully saturated rings. The molecule has 5 heteroatoms. The maximum absolute atomic E-state index is 12.0. The smallest absolute Gasteiger partial charge is 0.224 e. The zero-order chi connectivity index (χ0) is 15.2. The normalized spacial score (nSPS) is 13.4. The molecule has 20 heavy (non-hydrogen) atoms. The highest BCUT2D eigenvalue weighted by molar-refractivity contribution is 5.79. The number of carbonyl (C=O) groups is 1. The number of amides is 1. The Morgan fingerprint density at radius 2 is 1.95 bits per heavy atom. The van der Waals surface area contributed by atoms with E-state index in [0.29, 0.717) is 17.9 Å². The molecule has 1 aromatic rings. The van der Waals surface area contributed by atoms with Crippen LogP contribution < -0.4 is 14.8 Å². The number of nitrogens with one attached hydrogen (secondary N) is 1. The molecule has 0 aliphatic carbocycles. The molecule has 0 spiro atoms. The van der Waals surface area contributed by atoms with Gasteiger partial charge in [0.05, 0.1) is 32.8 Å². The minimum atomic E-state index is -0.576. The van der Waals surface area contributed by atoms with E-state index < -0.39 is 5.54 Å². The second-order valence-corrected chi connectivity index (χ2v) is 4.99. The number of carbonyl (C=O) groups excluding carboxylic acids is 1. The molecule has 1 amide bonds. The first-order valence-electron chi connectivity index (χ1n) is 6.60. The standard InChI is InChI=1S/C15H23NO4/c1-5-15(2,10-17)16-14(18)9-11-6-7-12(19-3)13(8-11)20-4/h6-8,17H,5,9-10H2,1-4H3,(H,16,18). The van der Waals surface area contributed by atoms with Crippen molar-refractivity contribution in [1.82, 2.24) is 5.32 Å². The van der Waals surface area contributed by atoms with Crippen LogP contribution >= 0.6 is 0 Å². The van der Waals surface area contributed by atoms with Crippen molar-refractivity contribution in [1.29, 1.82) is 0 Å². The number of hydrogen-bond donors (Lipinski definition) is 2. The van der Waals surface area contributed by atoms with E-state index in [2.05, 4.69) is 5.32 Å². The molecule has 5 nitrogen and oxygen atoms in total. The summed E-state index contributed by atoms with van der Waals surface area (Å²) in [5, 5.41) is 12.1. The maximum atomic E-state index is 12.0. The van der Waals surface area contributed by atoms with Gasteiger partial charge in [0.15, 0.2) is 11.5 Å². The highest BCUT2D eigenvalue weighted by atomic mass is 16.5. The van der Waals surface area contributed by atoms with Crippen LogP contribution in [0, 0.1) is 0 Å². The molecular weight excluding hydrogens is 258 g/mol. The third-order valence-electron chi connectivity index (χ3n) is 3.38. The molecule has 1 aromatic carbocycles. The molecular formula is C15H23NO4. The van der Waals surface area contributed by atoms with E-state index in [1.54, 1.807) is 26.4 Å². The first kappa shape index (κ1) is 16.3. The van der Waals surface area contributed by atoms with Gasteiger partial charge in [-0.05, 0) is 31.0 Å². The Labute approximate surface area is 119 Å². The first-order valence-corrected chi connectivity index (χ1v) is 6.60. The van der Waals surface area contributed by atoms with Crippen LogP contribution in [0.3, 0.4) is 0 Å². The van der Waals surface area contributed by atoms with Crippen molar-refractivity contribution >= 4 is 5.91 Å². The van der Waals surface area contributed by atoms with Crippen molar-refractivity contribution < 1.29 is 19.4 Å². The van der Waals surface area contributed by atoms with E-state index in [1.807, 2.05) is 19.9 Å². The SMILES string of the molecule is CCC(C)(CO)NC(=O)Cc1ccc(OC)c(OC)c1. The molecule has 0 saturated heterocycles. The summed E-state index contributed by atoms with van der Waals surface area (Å²) in [4.78, 5) is 12.0. The number of rotatable bonds is 7. The molecule has 2 N–H and O–H groups in total. The maximum Gasteiger partial charge on any atom is 0.224 e. The minimum Gasteiger partial charge on any atom is -0.493 e. The monoisotopic (exact) mass is 281 g/mol. The van der Waals surface area contributed by atoms with E-state index in [1.165, 1.54) is 0 Å². The summed E-state index contributed by atoms with van der Waals surface area (Å²) < 4.78 is 10.4. The Morgan fingerprint density at radius 3 is 2.45 bits per heavy atom. The fraction of sp³-hybridized carbons (Fsp3) is 0.533. The van der Waals surface area contributed by atoms with Gasteiger partial charge in [-0.3, -0.25) is 4.79 Å². The fourth-order valence-corrected chi connectivity index (χ4v) is 1.80. The van der Waals surface area contributed by atoms with Crippen molar-refractivity contribution in [3.8, 4) is 11.5 Å². The Hall–Kier alpha value is -1.75. The minimum absolute atomic E-state index is 0.0822. The first-order chi connectivity index (χ1) is 9.47. The Morgan fingerprint density at radius 1 is 1.30 bits per heavy atom. The highest BCUT2D eigenvalue weighted by Crippen LogP contribution is 2.27. The van der Waals surface area contributed by atoms with E-state index in [-0.39, 0.29) is 18.9 Å². The average Bonchev–Trinajstić information content (AvgIpc) is 2.46. The van der Waals surface area contributed by atoms with Crippen molar-refractivity contribution in [3.05, 3.63) is 23.8 Å². The van der Waals surface area contributed by atoms with Crippen molar-refractivity contribution in [2.24, 2.45) is 0 Å². The molecule has 112 valence electrons. The molecule has 0 aliphatic heterocycles. The molecule has 0 heterocycles. The fourth-order valence-electron chi connectivity index (χ4n) is 1.80. The van der Waals surface area contributed by atoms with E-state index in [0.717, 1.165) is 5.56 Å². The average molecular weight is 281 g/mol. The van der Waals surface area contributed by atoms with E-state index in [4.69, 9.17) is 9.47 Å². The summed E-state index contributed by atoms with van der Waals surface area (Å²) in [5.74, 6) is 1.10. The van der Waals surface area contributed by atoms with Gasteiger partial charge in [0, 0.05) is 0 Å². The van der Waals surface area contributed by atoms with E-state index in [9.17, 15) is 9.90 Å². The van der Waals surface area contributed by atoms with Crippen LogP contribution in [-0.4, -0.2) is 37.4 Å². The van der Waals surface area contributed by atoms with E-state index >= 15 is 0 Å². The third-order valence-corrected chi connectivity index (χ3v) is 3.38. The lowest BCUT2D eigenvalue weighted by Gasteiger charge is -2.27. The number of hydrogen-bond acceptors (Lipinski definition) is 4. The number of methoxy groups -OCH3 is 2. The molecule has 0 saturated carbocycles. The highest BCUT2D eigenvalue weighted by Gasteiger charge is 2.23. The van der Waals surface area contributed by atoms with Gasteiger partial charge in [0.2, 0.25) is 5.91 Å². The Balaban J connectivity index is 2.76. The van der Waals surface area contributed by atoms with Gasteiger partial charge in [-0.1, -0.05) is 13.0 Å². The van der Waals surface area contributed by atoms with Gasteiger partial charge in [-0.15, -0.1) is 0 Å². The lowest BCUT2D eigenvalue weighted by molar-refractivity contribution is -0.122. The summed E-state index contributed by atoms with van der Waals surface area (Å²) in [6, 6.07) is 5.37. The van der Waals surface area contributed by atoms with Gasteiger partial charge >= 0.3 is 0 Å². The van der Waals surface area contributed by atoms with Crippen LogP contribution in [0.15, 0.2) is 18.2 Å². The predicted octanol–water partition coefficient (Wildman–Crippen LogP) is 1.52. The second kappa shape index (κ2) is 7.14. The van der Waals surface area contributed by atoms with Crippen LogP contribution in [0.4, 0.5) is 0 Å². The summed E-state index contributed by atoms with van der Waals surface area (Å²) >= 11 is 0. The number of aliphatic hydroxyl groups excluding tert-OH is 1. The van der Waals surface area contributed by atoms with Crippen molar-refractivity contribution in [2.75, 3.05) is 20.8 Å². The summed E-state index contributed by atoms with van der Waals surface area (Å²) in [6.07, 6.45) is 0.900. The Kier molecular flexibility index (Phi) is 5.82. The molecule has 1 atom stereocenters. The van der Waals surface area contributed by atoms with Crippen LogP contribution in [-0.2, 0) is 11.2 Å².